The third-order valence-corrected chi connectivity index (χ3v) is 5.57. The Morgan fingerprint density at radius 1 is 0.944 bits per heavy atom. The molecule has 4 rings (SSSR count). The second kappa shape index (κ2) is 3.97. The first kappa shape index (κ1) is 10.8. The molecule has 4 aliphatic rings. The van der Waals surface area contributed by atoms with Gasteiger partial charge >= 0.3 is 0 Å². The second-order valence-electron chi connectivity index (χ2n) is 6.67. The smallest absolute Gasteiger partial charge is 0.223 e. The molecule has 0 spiro atoms. The van der Waals surface area contributed by atoms with E-state index in [0.717, 1.165) is 24.8 Å². The van der Waals surface area contributed by atoms with Crippen LogP contribution >= 0.6 is 0 Å². The number of hydrogen-bond acceptors (Lipinski definition) is 1. The van der Waals surface area contributed by atoms with Crippen molar-refractivity contribution in [3.63, 3.8) is 0 Å². The minimum Gasteiger partial charge on any atom is -0.356 e. The average Bonchev–Trinajstić information content (AvgIpc) is 3.13. The number of rotatable bonds is 3. The van der Waals surface area contributed by atoms with Crippen LogP contribution in [0.15, 0.2) is 24.3 Å². The molecule has 4 bridgehead atoms. The summed E-state index contributed by atoms with van der Waals surface area (Å²) in [4.78, 5) is 12.2. The highest BCUT2D eigenvalue weighted by molar-refractivity contribution is 5.80. The van der Waals surface area contributed by atoms with Crippen molar-refractivity contribution >= 4 is 5.91 Å². The molecule has 0 aromatic heterocycles. The van der Waals surface area contributed by atoms with E-state index in [2.05, 4.69) is 29.6 Å². The van der Waals surface area contributed by atoms with Crippen LogP contribution in [0.4, 0.5) is 0 Å². The van der Waals surface area contributed by atoms with Gasteiger partial charge in [-0.25, -0.2) is 0 Å². The van der Waals surface area contributed by atoms with Crippen molar-refractivity contribution in [1.82, 2.24) is 5.32 Å². The van der Waals surface area contributed by atoms with Gasteiger partial charge in [-0.05, 0) is 55.3 Å². The zero-order valence-electron chi connectivity index (χ0n) is 10.7. The van der Waals surface area contributed by atoms with Crippen LogP contribution in [-0.4, -0.2) is 12.5 Å². The summed E-state index contributed by atoms with van der Waals surface area (Å²) in [5, 5.41) is 3.23. The maximum Gasteiger partial charge on any atom is 0.223 e. The average molecular weight is 243 g/mol. The maximum absolute atomic E-state index is 12.2. The van der Waals surface area contributed by atoms with Crippen LogP contribution in [-0.2, 0) is 4.79 Å². The summed E-state index contributed by atoms with van der Waals surface area (Å²) in [6, 6.07) is 0. The molecule has 6 atom stereocenters. The fourth-order valence-corrected chi connectivity index (χ4v) is 4.57. The van der Waals surface area contributed by atoms with Gasteiger partial charge < -0.3 is 5.32 Å². The van der Waals surface area contributed by atoms with E-state index in [-0.39, 0.29) is 5.92 Å². The summed E-state index contributed by atoms with van der Waals surface area (Å²) in [6.45, 7) is 0.905. The van der Waals surface area contributed by atoms with Gasteiger partial charge in [0.25, 0.3) is 0 Å². The zero-order valence-corrected chi connectivity index (χ0v) is 10.7. The van der Waals surface area contributed by atoms with E-state index in [1.807, 2.05) is 0 Å². The lowest BCUT2D eigenvalue weighted by Crippen LogP contribution is -2.36. The van der Waals surface area contributed by atoms with Crippen molar-refractivity contribution in [2.45, 2.75) is 25.7 Å². The third-order valence-electron chi connectivity index (χ3n) is 5.57. The van der Waals surface area contributed by atoms with Crippen LogP contribution in [0.2, 0.25) is 0 Å². The van der Waals surface area contributed by atoms with E-state index in [0.29, 0.717) is 23.7 Å². The molecule has 0 aromatic carbocycles. The minimum atomic E-state index is 0.272. The van der Waals surface area contributed by atoms with E-state index in [9.17, 15) is 4.79 Å². The zero-order chi connectivity index (χ0) is 12.1. The van der Waals surface area contributed by atoms with Crippen molar-refractivity contribution in [3.8, 4) is 0 Å². The molecule has 0 heterocycles. The van der Waals surface area contributed by atoms with Gasteiger partial charge in [0.2, 0.25) is 5.91 Å². The summed E-state index contributed by atoms with van der Waals surface area (Å²) in [7, 11) is 0. The predicted molar refractivity (Wildman–Crippen MR) is 70.7 cm³/mol. The van der Waals surface area contributed by atoms with E-state index in [1.54, 1.807) is 0 Å². The van der Waals surface area contributed by atoms with Crippen molar-refractivity contribution < 1.29 is 4.79 Å². The molecule has 2 fully saturated rings. The Bertz CT molecular complexity index is 425. The third kappa shape index (κ3) is 1.65. The van der Waals surface area contributed by atoms with E-state index in [1.165, 1.54) is 19.3 Å². The first-order chi connectivity index (χ1) is 8.79. The molecule has 4 aliphatic carbocycles. The lowest BCUT2D eigenvalue weighted by Gasteiger charge is -2.22. The van der Waals surface area contributed by atoms with E-state index < -0.39 is 0 Å². The van der Waals surface area contributed by atoms with Gasteiger partial charge in [0, 0.05) is 12.5 Å². The lowest BCUT2D eigenvalue weighted by atomic mass is 9.91. The van der Waals surface area contributed by atoms with Gasteiger partial charge in [-0.1, -0.05) is 24.3 Å². The molecule has 18 heavy (non-hydrogen) atoms. The molecule has 0 aromatic rings. The van der Waals surface area contributed by atoms with Crippen LogP contribution in [0, 0.1) is 35.5 Å². The quantitative estimate of drug-likeness (QED) is 0.758. The Kier molecular flexibility index (Phi) is 2.39. The van der Waals surface area contributed by atoms with Crippen LogP contribution in [0.3, 0.4) is 0 Å². The number of carbonyl (C=O) groups excluding carboxylic acids is 1. The first-order valence-corrected chi connectivity index (χ1v) is 7.44. The van der Waals surface area contributed by atoms with Gasteiger partial charge in [0.1, 0.15) is 0 Å². The Balaban J connectivity index is 1.32. The summed E-state index contributed by atoms with van der Waals surface area (Å²) in [5.74, 6) is 4.08. The molecule has 0 radical (unpaired) electrons. The molecule has 1 amide bonds. The summed E-state index contributed by atoms with van der Waals surface area (Å²) in [5.41, 5.74) is 0. The SMILES string of the molecule is O=C(NC[C@H]1C[C@H]2C=C[C@@H]1C2)[C@H]1C[C@@H]2C=C[C@H]1C2. The second-order valence-corrected chi connectivity index (χ2v) is 6.67. The topological polar surface area (TPSA) is 29.1 Å². The molecule has 2 heteroatoms. The summed E-state index contributed by atoms with van der Waals surface area (Å²) < 4.78 is 0. The molecular formula is C16H21NO. The van der Waals surface area contributed by atoms with Crippen LogP contribution in [0.1, 0.15) is 25.7 Å². The highest BCUT2D eigenvalue weighted by Gasteiger charge is 2.40. The molecule has 2 nitrogen and oxygen atoms in total. The van der Waals surface area contributed by atoms with Gasteiger partial charge in [-0.15, -0.1) is 0 Å². The highest BCUT2D eigenvalue weighted by Crippen LogP contribution is 2.44. The van der Waals surface area contributed by atoms with E-state index in [4.69, 9.17) is 0 Å². The first-order valence-electron chi connectivity index (χ1n) is 7.44. The van der Waals surface area contributed by atoms with Crippen molar-refractivity contribution in [3.05, 3.63) is 24.3 Å². The molecule has 96 valence electrons. The van der Waals surface area contributed by atoms with Crippen molar-refractivity contribution in [1.29, 1.82) is 0 Å². The number of amides is 1. The van der Waals surface area contributed by atoms with Crippen molar-refractivity contribution in [2.75, 3.05) is 6.54 Å². The normalized spacial score (nSPS) is 47.1. The van der Waals surface area contributed by atoms with Gasteiger partial charge in [0.05, 0.1) is 0 Å². The fraction of sp³-hybridized carbons (Fsp3) is 0.688. The van der Waals surface area contributed by atoms with E-state index >= 15 is 0 Å². The lowest BCUT2D eigenvalue weighted by molar-refractivity contribution is -0.125. The largest absolute Gasteiger partial charge is 0.356 e. The number of fused-ring (bicyclic) bond motifs is 4. The molecular weight excluding hydrogens is 222 g/mol. The number of hydrogen-bond donors (Lipinski definition) is 1. The van der Waals surface area contributed by atoms with Crippen molar-refractivity contribution in [2.24, 2.45) is 35.5 Å². The van der Waals surface area contributed by atoms with Gasteiger partial charge in [0.15, 0.2) is 0 Å². The summed E-state index contributed by atoms with van der Waals surface area (Å²) >= 11 is 0. The van der Waals surface area contributed by atoms with Gasteiger partial charge in [-0.3, -0.25) is 4.79 Å². The minimum absolute atomic E-state index is 0.272. The highest BCUT2D eigenvalue weighted by atomic mass is 16.1. The monoisotopic (exact) mass is 243 g/mol. The molecule has 0 saturated heterocycles. The number of allylic oxidation sites excluding steroid dienone is 4. The summed E-state index contributed by atoms with van der Waals surface area (Å²) in [6.07, 6.45) is 14.2. The number of nitrogens with one attached hydrogen (secondary N) is 1. The molecule has 0 unspecified atom stereocenters. The fourth-order valence-electron chi connectivity index (χ4n) is 4.57. The molecule has 1 N–H and O–H groups in total. The van der Waals surface area contributed by atoms with Crippen LogP contribution in [0.25, 0.3) is 0 Å². The molecule has 2 saturated carbocycles. The standard InChI is InChI=1S/C16H21NO/c18-16(15-8-11-2-4-13(15)6-11)17-9-14-7-10-1-3-12(14)5-10/h1-4,10-15H,5-9H2,(H,17,18)/t10-,11+,12+,13-,14+,15-/m0/s1. The number of carbonyl (C=O) groups is 1. The Hall–Kier alpha value is -1.05. The maximum atomic E-state index is 12.2. The Morgan fingerprint density at radius 3 is 2.22 bits per heavy atom. The Morgan fingerprint density at radius 2 is 1.67 bits per heavy atom. The predicted octanol–water partition coefficient (Wildman–Crippen LogP) is 2.53. The molecule has 0 aliphatic heterocycles. The van der Waals surface area contributed by atoms with Crippen LogP contribution in [0.5, 0.6) is 0 Å². The van der Waals surface area contributed by atoms with Gasteiger partial charge in [-0.2, -0.15) is 0 Å². The Labute approximate surface area is 109 Å². The van der Waals surface area contributed by atoms with Crippen LogP contribution < -0.4 is 5.32 Å².